The van der Waals surface area contributed by atoms with E-state index in [-0.39, 0.29) is 11.9 Å². The zero-order valence-electron chi connectivity index (χ0n) is 12.1. The molecule has 1 aliphatic carbocycles. The Kier molecular flexibility index (Phi) is 3.47. The lowest BCUT2D eigenvalue weighted by Gasteiger charge is -2.17. The van der Waals surface area contributed by atoms with Crippen molar-refractivity contribution in [2.75, 3.05) is 0 Å². The molecule has 1 amide bonds. The first-order chi connectivity index (χ1) is 9.66. The summed E-state index contributed by atoms with van der Waals surface area (Å²) < 4.78 is 1.84. The monoisotopic (exact) mass is 271 g/mol. The molecule has 1 aliphatic rings. The predicted molar refractivity (Wildman–Crippen MR) is 79.6 cm³/mol. The number of nitrogens with zero attached hydrogens (tertiary/aromatic N) is 2. The van der Waals surface area contributed by atoms with E-state index in [1.807, 2.05) is 36.7 Å². The van der Waals surface area contributed by atoms with Gasteiger partial charge in [0, 0.05) is 11.4 Å². The van der Waals surface area contributed by atoms with Crippen LogP contribution in [0.5, 0.6) is 0 Å². The number of hydrogen-bond donors (Lipinski definition) is 1. The summed E-state index contributed by atoms with van der Waals surface area (Å²) in [4.78, 5) is 12.4. The Labute approximate surface area is 119 Å². The Balaban J connectivity index is 1.84. The molecule has 4 heteroatoms. The molecule has 1 atom stereocenters. The summed E-state index contributed by atoms with van der Waals surface area (Å²) in [5, 5.41) is 8.81. The van der Waals surface area contributed by atoms with E-state index in [1.54, 1.807) is 0 Å². The van der Waals surface area contributed by atoms with E-state index in [4.69, 9.17) is 0 Å². The first kappa shape index (κ1) is 13.2. The molecular weight excluding hydrogens is 250 g/mol. The molecule has 1 N–H and O–H groups in total. The van der Waals surface area contributed by atoms with Crippen molar-refractivity contribution in [3.05, 3.63) is 30.0 Å². The first-order valence-electron chi connectivity index (χ1n) is 7.41. The van der Waals surface area contributed by atoms with Gasteiger partial charge in [0.05, 0.1) is 11.2 Å². The molecule has 0 aliphatic heterocycles. The predicted octanol–water partition coefficient (Wildman–Crippen LogP) is 2.96. The van der Waals surface area contributed by atoms with Crippen LogP contribution in [0, 0.1) is 6.92 Å². The minimum atomic E-state index is -0.269. The second-order valence-electron chi connectivity index (χ2n) is 5.71. The quantitative estimate of drug-likeness (QED) is 0.933. The zero-order valence-corrected chi connectivity index (χ0v) is 12.1. The second-order valence-corrected chi connectivity index (χ2v) is 5.71. The van der Waals surface area contributed by atoms with Crippen molar-refractivity contribution in [2.24, 2.45) is 0 Å². The summed E-state index contributed by atoms with van der Waals surface area (Å²) in [6, 6.07) is 8.15. The van der Waals surface area contributed by atoms with Crippen molar-refractivity contribution >= 4 is 16.8 Å². The molecule has 1 fully saturated rings. The van der Waals surface area contributed by atoms with Crippen LogP contribution in [0.1, 0.15) is 44.3 Å². The van der Waals surface area contributed by atoms with E-state index < -0.39 is 0 Å². The van der Waals surface area contributed by atoms with Gasteiger partial charge in [-0.25, -0.2) is 0 Å². The smallest absolute Gasteiger partial charge is 0.244 e. The average molecular weight is 271 g/mol. The highest BCUT2D eigenvalue weighted by molar-refractivity contribution is 5.86. The van der Waals surface area contributed by atoms with Crippen LogP contribution in [0.3, 0.4) is 0 Å². The maximum Gasteiger partial charge on any atom is 0.244 e. The van der Waals surface area contributed by atoms with Gasteiger partial charge in [0.15, 0.2) is 0 Å². The number of hydrogen-bond acceptors (Lipinski definition) is 2. The van der Waals surface area contributed by atoms with Gasteiger partial charge < -0.3 is 5.32 Å². The minimum Gasteiger partial charge on any atom is -0.352 e. The third kappa shape index (κ3) is 2.30. The SMILES string of the molecule is Cc1nn([C@H](C)C(=O)NC2CCCC2)c2ccccc12. The van der Waals surface area contributed by atoms with Crippen LogP contribution < -0.4 is 5.32 Å². The van der Waals surface area contributed by atoms with Gasteiger partial charge in [0.1, 0.15) is 6.04 Å². The number of rotatable bonds is 3. The van der Waals surface area contributed by atoms with Crippen molar-refractivity contribution in [3.63, 3.8) is 0 Å². The number of amides is 1. The number of nitrogens with one attached hydrogen (secondary N) is 1. The van der Waals surface area contributed by atoms with Crippen LogP contribution in [0.4, 0.5) is 0 Å². The van der Waals surface area contributed by atoms with Gasteiger partial charge in [-0.15, -0.1) is 0 Å². The Morgan fingerprint density at radius 2 is 2.05 bits per heavy atom. The van der Waals surface area contributed by atoms with Gasteiger partial charge in [-0.1, -0.05) is 31.0 Å². The number of carbonyl (C=O) groups is 1. The Hall–Kier alpha value is -1.84. The summed E-state index contributed by atoms with van der Waals surface area (Å²) >= 11 is 0. The first-order valence-corrected chi connectivity index (χ1v) is 7.41. The number of aryl methyl sites for hydroxylation is 1. The van der Waals surface area contributed by atoms with E-state index in [1.165, 1.54) is 12.8 Å². The van der Waals surface area contributed by atoms with Gasteiger partial charge in [-0.05, 0) is 32.8 Å². The molecule has 1 heterocycles. The van der Waals surface area contributed by atoms with Crippen LogP contribution in [0.2, 0.25) is 0 Å². The van der Waals surface area contributed by atoms with Gasteiger partial charge >= 0.3 is 0 Å². The third-order valence-electron chi connectivity index (χ3n) is 4.25. The summed E-state index contributed by atoms with van der Waals surface area (Å²) in [6.07, 6.45) is 4.67. The van der Waals surface area contributed by atoms with Crippen LogP contribution in [0.15, 0.2) is 24.3 Å². The molecule has 106 valence electrons. The lowest BCUT2D eigenvalue weighted by molar-refractivity contribution is -0.124. The molecule has 0 bridgehead atoms. The van der Waals surface area contributed by atoms with E-state index in [0.29, 0.717) is 6.04 Å². The molecular formula is C16H21N3O. The molecule has 0 radical (unpaired) electrons. The van der Waals surface area contributed by atoms with Crippen LogP contribution in [-0.2, 0) is 4.79 Å². The lowest BCUT2D eigenvalue weighted by atomic mass is 10.2. The topological polar surface area (TPSA) is 46.9 Å². The molecule has 0 spiro atoms. The highest BCUT2D eigenvalue weighted by Gasteiger charge is 2.23. The van der Waals surface area contributed by atoms with Gasteiger partial charge in [-0.3, -0.25) is 9.48 Å². The molecule has 4 nitrogen and oxygen atoms in total. The van der Waals surface area contributed by atoms with Crippen molar-refractivity contribution in [1.29, 1.82) is 0 Å². The largest absolute Gasteiger partial charge is 0.352 e. The summed E-state index contributed by atoms with van der Waals surface area (Å²) in [6.45, 7) is 3.91. The number of benzene rings is 1. The fourth-order valence-corrected chi connectivity index (χ4v) is 3.05. The summed E-state index contributed by atoms with van der Waals surface area (Å²) in [7, 11) is 0. The van der Waals surface area contributed by atoms with Gasteiger partial charge in [0.25, 0.3) is 0 Å². The van der Waals surface area contributed by atoms with Crippen LogP contribution >= 0.6 is 0 Å². The standard InChI is InChI=1S/C16H21N3O/c1-11-14-9-5-6-10-15(14)19(18-11)12(2)16(20)17-13-7-3-4-8-13/h5-6,9-10,12-13H,3-4,7-8H2,1-2H3,(H,17,20)/t12-/m1/s1. The molecule has 20 heavy (non-hydrogen) atoms. The van der Waals surface area contributed by atoms with Crippen LogP contribution in [-0.4, -0.2) is 21.7 Å². The van der Waals surface area contributed by atoms with Gasteiger partial charge in [-0.2, -0.15) is 5.10 Å². The molecule has 1 aromatic heterocycles. The van der Waals surface area contributed by atoms with Crippen molar-refractivity contribution in [1.82, 2.24) is 15.1 Å². The van der Waals surface area contributed by atoms with Crippen molar-refractivity contribution in [2.45, 2.75) is 51.6 Å². The maximum atomic E-state index is 12.4. The highest BCUT2D eigenvalue weighted by atomic mass is 16.2. The minimum absolute atomic E-state index is 0.0742. The molecule has 0 saturated heterocycles. The number of carbonyl (C=O) groups excluding carboxylic acids is 1. The summed E-state index contributed by atoms with van der Waals surface area (Å²) in [5.41, 5.74) is 2.00. The fourth-order valence-electron chi connectivity index (χ4n) is 3.05. The molecule has 1 saturated carbocycles. The van der Waals surface area contributed by atoms with E-state index in [0.717, 1.165) is 29.4 Å². The fraction of sp³-hybridized carbons (Fsp3) is 0.500. The number of fused-ring (bicyclic) bond motifs is 1. The highest BCUT2D eigenvalue weighted by Crippen LogP contribution is 2.22. The van der Waals surface area contributed by atoms with E-state index in [9.17, 15) is 4.79 Å². The Morgan fingerprint density at radius 1 is 1.35 bits per heavy atom. The molecule has 0 unspecified atom stereocenters. The third-order valence-corrected chi connectivity index (χ3v) is 4.25. The molecule has 2 aromatic rings. The zero-order chi connectivity index (χ0) is 14.1. The Morgan fingerprint density at radius 3 is 2.80 bits per heavy atom. The van der Waals surface area contributed by atoms with Gasteiger partial charge in [0.2, 0.25) is 5.91 Å². The number of aromatic nitrogens is 2. The van der Waals surface area contributed by atoms with E-state index >= 15 is 0 Å². The normalized spacial score (nSPS) is 17.5. The maximum absolute atomic E-state index is 12.4. The molecule has 1 aromatic carbocycles. The summed E-state index contributed by atoms with van der Waals surface area (Å²) in [5.74, 6) is 0.0742. The van der Waals surface area contributed by atoms with E-state index in [2.05, 4.69) is 16.5 Å². The van der Waals surface area contributed by atoms with Crippen molar-refractivity contribution in [3.8, 4) is 0 Å². The number of para-hydroxylation sites is 1. The lowest BCUT2D eigenvalue weighted by Crippen LogP contribution is -2.37. The average Bonchev–Trinajstić information content (AvgIpc) is 3.07. The van der Waals surface area contributed by atoms with Crippen LogP contribution in [0.25, 0.3) is 10.9 Å². The van der Waals surface area contributed by atoms with Crippen molar-refractivity contribution < 1.29 is 4.79 Å². The second kappa shape index (κ2) is 5.27. The Bertz CT molecular complexity index is 626. The molecule has 3 rings (SSSR count).